The molecule has 1 aromatic carbocycles. The van der Waals surface area contributed by atoms with Crippen molar-refractivity contribution < 1.29 is 9.90 Å². The highest BCUT2D eigenvalue weighted by molar-refractivity contribution is 5.78. The van der Waals surface area contributed by atoms with E-state index in [0.29, 0.717) is 12.5 Å². The summed E-state index contributed by atoms with van der Waals surface area (Å²) >= 11 is 0. The number of aromatic hydroxyl groups is 1. The predicted octanol–water partition coefficient (Wildman–Crippen LogP) is 3.12. The number of phenols is 1. The number of rotatable bonds is 3. The molecule has 0 heterocycles. The number of phenolic OH excluding ortho intramolecular Hbond substituents is 1. The summed E-state index contributed by atoms with van der Waals surface area (Å²) in [4.78, 5) is 14.2. The quantitative estimate of drug-likeness (QED) is 0.849. The third-order valence-electron chi connectivity index (χ3n) is 4.03. The maximum Gasteiger partial charge on any atom is 0.226 e. The molecule has 3 nitrogen and oxygen atoms in total. The number of carbonyl (C=O) groups is 1. The molecule has 0 radical (unpaired) electrons. The average molecular weight is 261 g/mol. The van der Waals surface area contributed by atoms with E-state index in [0.717, 1.165) is 18.4 Å². The highest BCUT2D eigenvalue weighted by Crippen LogP contribution is 2.22. The minimum Gasteiger partial charge on any atom is -0.508 e. The number of carbonyl (C=O) groups excluding carboxylic acids is 1. The van der Waals surface area contributed by atoms with Crippen LogP contribution in [0.5, 0.6) is 5.75 Å². The van der Waals surface area contributed by atoms with Gasteiger partial charge in [-0.15, -0.1) is 0 Å². The highest BCUT2D eigenvalue weighted by atomic mass is 16.3. The number of benzene rings is 1. The zero-order chi connectivity index (χ0) is 13.7. The van der Waals surface area contributed by atoms with Gasteiger partial charge in [0.15, 0.2) is 0 Å². The smallest absolute Gasteiger partial charge is 0.226 e. The fourth-order valence-electron chi connectivity index (χ4n) is 2.81. The molecule has 0 aliphatic heterocycles. The molecule has 1 N–H and O–H groups in total. The molecule has 0 bridgehead atoms. The topological polar surface area (TPSA) is 40.5 Å². The van der Waals surface area contributed by atoms with E-state index in [9.17, 15) is 9.90 Å². The molecule has 2 rings (SSSR count). The minimum atomic E-state index is 0.150. The molecule has 0 atom stereocenters. The van der Waals surface area contributed by atoms with Crippen LogP contribution in [-0.4, -0.2) is 29.0 Å². The molecule has 0 saturated heterocycles. The SMILES string of the molecule is CN(C(=O)Cc1cccc(O)c1)C1CCCCCC1. The van der Waals surface area contributed by atoms with Crippen molar-refractivity contribution in [2.45, 2.75) is 51.0 Å². The van der Waals surface area contributed by atoms with E-state index in [2.05, 4.69) is 0 Å². The van der Waals surface area contributed by atoms with Crippen LogP contribution in [0.1, 0.15) is 44.1 Å². The fourth-order valence-corrected chi connectivity index (χ4v) is 2.81. The molecular formula is C16H23NO2. The molecule has 1 amide bonds. The van der Waals surface area contributed by atoms with Gasteiger partial charge in [-0.2, -0.15) is 0 Å². The summed E-state index contributed by atoms with van der Waals surface area (Å²) in [7, 11) is 1.92. The van der Waals surface area contributed by atoms with Crippen molar-refractivity contribution in [2.24, 2.45) is 0 Å². The predicted molar refractivity (Wildman–Crippen MR) is 76.1 cm³/mol. The first kappa shape index (κ1) is 13.9. The van der Waals surface area contributed by atoms with Crippen molar-refractivity contribution in [2.75, 3.05) is 7.05 Å². The van der Waals surface area contributed by atoms with Crippen LogP contribution < -0.4 is 0 Å². The maximum atomic E-state index is 12.3. The summed E-state index contributed by atoms with van der Waals surface area (Å²) in [6.45, 7) is 0. The molecule has 0 aromatic heterocycles. The van der Waals surface area contributed by atoms with Gasteiger partial charge in [-0.25, -0.2) is 0 Å². The monoisotopic (exact) mass is 261 g/mol. The normalized spacial score (nSPS) is 16.9. The number of likely N-dealkylation sites (N-methyl/N-ethyl adjacent to an activating group) is 1. The molecule has 104 valence electrons. The second-order valence-electron chi connectivity index (χ2n) is 5.50. The van der Waals surface area contributed by atoms with Crippen molar-refractivity contribution in [3.63, 3.8) is 0 Å². The number of hydrogen-bond acceptors (Lipinski definition) is 2. The van der Waals surface area contributed by atoms with Crippen LogP contribution in [0.25, 0.3) is 0 Å². The van der Waals surface area contributed by atoms with Crippen LogP contribution in [0.3, 0.4) is 0 Å². The Morgan fingerprint density at radius 3 is 2.58 bits per heavy atom. The zero-order valence-electron chi connectivity index (χ0n) is 11.6. The van der Waals surface area contributed by atoms with Gasteiger partial charge in [0.25, 0.3) is 0 Å². The summed E-state index contributed by atoms with van der Waals surface area (Å²) in [6.07, 6.45) is 7.69. The molecule has 3 heteroatoms. The largest absolute Gasteiger partial charge is 0.508 e. The zero-order valence-corrected chi connectivity index (χ0v) is 11.6. The van der Waals surface area contributed by atoms with Crippen molar-refractivity contribution in [3.05, 3.63) is 29.8 Å². The van der Waals surface area contributed by atoms with Crippen LogP contribution in [0.4, 0.5) is 0 Å². The molecule has 1 saturated carbocycles. The van der Waals surface area contributed by atoms with E-state index < -0.39 is 0 Å². The fraction of sp³-hybridized carbons (Fsp3) is 0.562. The van der Waals surface area contributed by atoms with Gasteiger partial charge in [0, 0.05) is 13.1 Å². The summed E-state index contributed by atoms with van der Waals surface area (Å²) in [5.74, 6) is 0.375. The molecule has 0 spiro atoms. The van der Waals surface area contributed by atoms with Crippen LogP contribution in [0.15, 0.2) is 24.3 Å². The molecule has 19 heavy (non-hydrogen) atoms. The van der Waals surface area contributed by atoms with Crippen LogP contribution in [0, 0.1) is 0 Å². The van der Waals surface area contributed by atoms with Gasteiger partial charge in [0.2, 0.25) is 5.91 Å². The summed E-state index contributed by atoms with van der Waals surface area (Å²) in [5.41, 5.74) is 0.880. The molecule has 1 fully saturated rings. The Balaban J connectivity index is 1.94. The van der Waals surface area contributed by atoms with Crippen LogP contribution in [-0.2, 0) is 11.2 Å². The van der Waals surface area contributed by atoms with Gasteiger partial charge in [0.05, 0.1) is 6.42 Å². The maximum absolute atomic E-state index is 12.3. The lowest BCUT2D eigenvalue weighted by atomic mass is 10.1. The van der Waals surface area contributed by atoms with Crippen molar-refractivity contribution in [1.82, 2.24) is 4.90 Å². The van der Waals surface area contributed by atoms with Crippen molar-refractivity contribution in [3.8, 4) is 5.75 Å². The Morgan fingerprint density at radius 2 is 1.95 bits per heavy atom. The van der Waals surface area contributed by atoms with E-state index in [1.807, 2.05) is 18.0 Å². The first-order valence-corrected chi connectivity index (χ1v) is 7.20. The van der Waals surface area contributed by atoms with Crippen LogP contribution >= 0.6 is 0 Å². The van der Waals surface area contributed by atoms with Crippen molar-refractivity contribution in [1.29, 1.82) is 0 Å². The second kappa shape index (κ2) is 6.60. The van der Waals surface area contributed by atoms with E-state index in [-0.39, 0.29) is 11.7 Å². The summed E-state index contributed by atoms with van der Waals surface area (Å²) in [5, 5.41) is 9.43. The average Bonchev–Trinajstić information content (AvgIpc) is 2.66. The number of hydrogen-bond donors (Lipinski definition) is 1. The standard InChI is InChI=1S/C16H23NO2/c1-17(14-8-4-2-3-5-9-14)16(19)12-13-7-6-10-15(18)11-13/h6-7,10-11,14,18H,2-5,8-9,12H2,1H3. The third-order valence-corrected chi connectivity index (χ3v) is 4.03. The minimum absolute atomic E-state index is 0.150. The number of amides is 1. The molecule has 1 aliphatic rings. The van der Waals surface area contributed by atoms with E-state index in [1.54, 1.807) is 18.2 Å². The van der Waals surface area contributed by atoms with E-state index in [1.165, 1.54) is 25.7 Å². The number of nitrogens with zero attached hydrogens (tertiary/aromatic N) is 1. The summed E-state index contributed by atoms with van der Waals surface area (Å²) in [6, 6.07) is 7.36. The Bertz CT molecular complexity index is 423. The van der Waals surface area contributed by atoms with E-state index in [4.69, 9.17) is 0 Å². The Kier molecular flexibility index (Phi) is 4.83. The Labute approximate surface area is 115 Å². The van der Waals surface area contributed by atoms with Gasteiger partial charge < -0.3 is 10.0 Å². The van der Waals surface area contributed by atoms with Crippen LogP contribution in [0.2, 0.25) is 0 Å². The Hall–Kier alpha value is -1.51. The van der Waals surface area contributed by atoms with Gasteiger partial charge in [-0.05, 0) is 30.5 Å². The lowest BCUT2D eigenvalue weighted by Crippen LogP contribution is -2.37. The summed E-state index contributed by atoms with van der Waals surface area (Å²) < 4.78 is 0. The van der Waals surface area contributed by atoms with Crippen molar-refractivity contribution >= 4 is 5.91 Å². The molecule has 1 aromatic rings. The van der Waals surface area contributed by atoms with Gasteiger partial charge >= 0.3 is 0 Å². The van der Waals surface area contributed by atoms with E-state index >= 15 is 0 Å². The lowest BCUT2D eigenvalue weighted by molar-refractivity contribution is -0.131. The van der Waals surface area contributed by atoms with Gasteiger partial charge in [-0.1, -0.05) is 37.8 Å². The first-order valence-electron chi connectivity index (χ1n) is 7.20. The molecule has 0 unspecified atom stereocenters. The first-order chi connectivity index (χ1) is 9.16. The second-order valence-corrected chi connectivity index (χ2v) is 5.50. The third kappa shape index (κ3) is 3.98. The van der Waals surface area contributed by atoms with Gasteiger partial charge in [-0.3, -0.25) is 4.79 Å². The molecule has 1 aliphatic carbocycles. The Morgan fingerprint density at radius 1 is 1.26 bits per heavy atom. The highest BCUT2D eigenvalue weighted by Gasteiger charge is 2.21. The lowest BCUT2D eigenvalue weighted by Gasteiger charge is -2.27. The van der Waals surface area contributed by atoms with Gasteiger partial charge in [0.1, 0.15) is 5.75 Å². The molecular weight excluding hydrogens is 238 g/mol.